The van der Waals surface area contributed by atoms with Gasteiger partial charge < -0.3 is 19.5 Å². The Bertz CT molecular complexity index is 1200. The lowest BCUT2D eigenvalue weighted by Gasteiger charge is -2.53. The Hall–Kier alpha value is -3.31. The summed E-state index contributed by atoms with van der Waals surface area (Å²) >= 11 is 0. The van der Waals surface area contributed by atoms with Gasteiger partial charge in [-0.05, 0) is 56.7 Å². The summed E-state index contributed by atoms with van der Waals surface area (Å²) in [6, 6.07) is 28.9. The second kappa shape index (κ2) is 9.53. The van der Waals surface area contributed by atoms with Gasteiger partial charge in [-0.15, -0.1) is 0 Å². The third-order valence-corrected chi connectivity index (χ3v) is 8.27. The molecule has 1 aliphatic heterocycles. The fourth-order valence-electron chi connectivity index (χ4n) is 6.71. The van der Waals surface area contributed by atoms with E-state index in [2.05, 4.69) is 48.5 Å². The number of carbonyl (C=O) groups excluding carboxylic acids is 1. The highest BCUT2D eigenvalue weighted by molar-refractivity contribution is 5.69. The van der Waals surface area contributed by atoms with Crippen molar-refractivity contribution < 1.29 is 19.4 Å². The molecule has 5 nitrogen and oxygen atoms in total. The maximum absolute atomic E-state index is 13.4. The second-order valence-corrected chi connectivity index (χ2v) is 11.4. The van der Waals surface area contributed by atoms with E-state index in [-0.39, 0.29) is 23.3 Å². The Morgan fingerprint density at radius 1 is 0.838 bits per heavy atom. The first-order valence-corrected chi connectivity index (χ1v) is 13.1. The number of methoxy groups -OCH3 is 1. The molecule has 2 fully saturated rings. The second-order valence-electron chi connectivity index (χ2n) is 11.4. The van der Waals surface area contributed by atoms with Crippen LogP contribution in [0.3, 0.4) is 0 Å². The zero-order chi connectivity index (χ0) is 26.3. The number of likely N-dealkylation sites (tertiary alicyclic amines) is 1. The summed E-state index contributed by atoms with van der Waals surface area (Å²) in [5, 5.41) is 12.5. The number of ether oxygens (including phenoxy) is 2. The average Bonchev–Trinajstić information content (AvgIpc) is 3.37. The largest absolute Gasteiger partial charge is 0.496 e. The van der Waals surface area contributed by atoms with Gasteiger partial charge in [-0.2, -0.15) is 0 Å². The van der Waals surface area contributed by atoms with Crippen molar-refractivity contribution in [3.8, 4) is 5.75 Å². The number of nitrogens with zero attached hydrogens (tertiary/aromatic N) is 1. The van der Waals surface area contributed by atoms with Crippen LogP contribution < -0.4 is 4.74 Å². The maximum Gasteiger partial charge on any atom is 0.410 e. The topological polar surface area (TPSA) is 59.0 Å². The first kappa shape index (κ1) is 25.3. The first-order valence-electron chi connectivity index (χ1n) is 13.1. The number of rotatable bonds is 4. The van der Waals surface area contributed by atoms with E-state index < -0.39 is 11.2 Å². The van der Waals surface area contributed by atoms with Gasteiger partial charge in [-0.1, -0.05) is 78.9 Å². The zero-order valence-electron chi connectivity index (χ0n) is 22.2. The highest BCUT2D eigenvalue weighted by Crippen LogP contribution is 2.60. The number of para-hydroxylation sites is 1. The fraction of sp³-hybridized carbons (Fsp3) is 0.406. The normalized spacial score (nSPS) is 24.8. The molecule has 1 aliphatic carbocycles. The summed E-state index contributed by atoms with van der Waals surface area (Å²) in [5.41, 5.74) is 1.10. The molecule has 0 spiro atoms. The van der Waals surface area contributed by atoms with Crippen LogP contribution >= 0.6 is 0 Å². The van der Waals surface area contributed by atoms with Gasteiger partial charge >= 0.3 is 6.09 Å². The summed E-state index contributed by atoms with van der Waals surface area (Å²) in [7, 11) is 1.64. The highest BCUT2D eigenvalue weighted by Gasteiger charge is 2.61. The van der Waals surface area contributed by atoms with Gasteiger partial charge in [0.05, 0.1) is 12.7 Å². The van der Waals surface area contributed by atoms with Crippen LogP contribution in [0.15, 0.2) is 84.9 Å². The Balaban J connectivity index is 1.67. The van der Waals surface area contributed by atoms with Crippen molar-refractivity contribution >= 4 is 6.09 Å². The van der Waals surface area contributed by atoms with Gasteiger partial charge in [0, 0.05) is 30.0 Å². The molecule has 1 amide bonds. The Kier molecular flexibility index (Phi) is 6.53. The summed E-state index contributed by atoms with van der Waals surface area (Å²) in [5.74, 6) is 0.422. The highest BCUT2D eigenvalue weighted by atomic mass is 16.6. The summed E-state index contributed by atoms with van der Waals surface area (Å²) in [6.07, 6.45) is 0.943. The summed E-state index contributed by atoms with van der Waals surface area (Å²) in [6.45, 7) is 6.57. The Morgan fingerprint density at radius 2 is 1.38 bits per heavy atom. The smallest absolute Gasteiger partial charge is 0.410 e. The number of carbonyl (C=O) groups is 1. The summed E-state index contributed by atoms with van der Waals surface area (Å²) < 4.78 is 11.5. The van der Waals surface area contributed by atoms with E-state index in [0.717, 1.165) is 12.0 Å². The predicted octanol–water partition coefficient (Wildman–Crippen LogP) is 6.15. The quantitative estimate of drug-likeness (QED) is 0.468. The third-order valence-electron chi connectivity index (χ3n) is 8.27. The summed E-state index contributed by atoms with van der Waals surface area (Å²) in [4.78, 5) is 15.2. The van der Waals surface area contributed by atoms with Gasteiger partial charge in [0.2, 0.25) is 0 Å². The van der Waals surface area contributed by atoms with E-state index in [1.807, 2.05) is 57.2 Å². The van der Waals surface area contributed by atoms with Crippen LogP contribution in [0.5, 0.6) is 5.75 Å². The standard InChI is InChI=1S/C32H37NO4/c1-30(2,3)37-29(34)33-21-26-27(22-33)32(35,25-17-11-12-18-28(25)36-4)20-19-31(26,23-13-7-5-8-14-23)24-15-9-6-10-16-24/h5-18,26-27,35H,19-22H2,1-4H3/t26-,27+,32+/m0/s1. The van der Waals surface area contributed by atoms with Crippen molar-refractivity contribution in [2.24, 2.45) is 11.8 Å². The minimum absolute atomic E-state index is 0.0338. The number of fused-ring (bicyclic) bond motifs is 1. The van der Waals surface area contributed by atoms with Crippen LogP contribution in [0, 0.1) is 11.8 Å². The van der Waals surface area contributed by atoms with Crippen molar-refractivity contribution in [3.05, 3.63) is 102 Å². The van der Waals surface area contributed by atoms with Crippen LogP contribution in [0.25, 0.3) is 0 Å². The van der Waals surface area contributed by atoms with Crippen molar-refractivity contribution in [1.82, 2.24) is 4.90 Å². The number of hydrogen-bond donors (Lipinski definition) is 1. The van der Waals surface area contributed by atoms with Gasteiger partial charge in [0.1, 0.15) is 11.4 Å². The fourth-order valence-corrected chi connectivity index (χ4v) is 6.71. The number of hydrogen-bond acceptors (Lipinski definition) is 4. The van der Waals surface area contributed by atoms with Crippen LogP contribution in [-0.2, 0) is 15.8 Å². The molecule has 3 aromatic carbocycles. The molecule has 3 aromatic rings. The number of benzene rings is 3. The van der Waals surface area contributed by atoms with Crippen LogP contribution in [-0.4, -0.2) is 41.9 Å². The molecule has 3 atom stereocenters. The van der Waals surface area contributed by atoms with Crippen LogP contribution in [0.1, 0.15) is 50.3 Å². The molecule has 0 unspecified atom stereocenters. The molecule has 37 heavy (non-hydrogen) atoms. The number of aliphatic hydroxyl groups is 1. The number of amides is 1. The average molecular weight is 500 g/mol. The minimum atomic E-state index is -1.15. The molecule has 0 aromatic heterocycles. The molecular formula is C32H37NO4. The molecular weight excluding hydrogens is 462 g/mol. The van der Waals surface area contributed by atoms with E-state index >= 15 is 0 Å². The molecule has 1 saturated carbocycles. The molecule has 1 saturated heterocycles. The predicted molar refractivity (Wildman–Crippen MR) is 145 cm³/mol. The van der Waals surface area contributed by atoms with Crippen molar-refractivity contribution in [1.29, 1.82) is 0 Å². The van der Waals surface area contributed by atoms with E-state index in [4.69, 9.17) is 9.47 Å². The van der Waals surface area contributed by atoms with Crippen LogP contribution in [0.2, 0.25) is 0 Å². The van der Waals surface area contributed by atoms with Crippen LogP contribution in [0.4, 0.5) is 4.79 Å². The first-order chi connectivity index (χ1) is 17.7. The molecule has 2 aliphatic rings. The molecule has 194 valence electrons. The molecule has 0 radical (unpaired) electrons. The van der Waals surface area contributed by atoms with Crippen molar-refractivity contribution in [2.75, 3.05) is 20.2 Å². The lowest BCUT2D eigenvalue weighted by molar-refractivity contribution is -0.0852. The molecule has 1 N–H and O–H groups in total. The van der Waals surface area contributed by atoms with Gasteiger partial charge in [-0.3, -0.25) is 0 Å². The minimum Gasteiger partial charge on any atom is -0.496 e. The van der Waals surface area contributed by atoms with Gasteiger partial charge in [0.25, 0.3) is 0 Å². The molecule has 5 rings (SSSR count). The monoisotopic (exact) mass is 499 g/mol. The van der Waals surface area contributed by atoms with Crippen molar-refractivity contribution in [2.45, 2.75) is 50.2 Å². The third kappa shape index (κ3) is 4.40. The van der Waals surface area contributed by atoms with E-state index in [0.29, 0.717) is 25.3 Å². The van der Waals surface area contributed by atoms with Crippen molar-refractivity contribution in [3.63, 3.8) is 0 Å². The van der Waals surface area contributed by atoms with Gasteiger partial charge in [0.15, 0.2) is 0 Å². The Labute approximate surface area is 220 Å². The lowest BCUT2D eigenvalue weighted by atomic mass is 9.52. The van der Waals surface area contributed by atoms with Gasteiger partial charge in [-0.25, -0.2) is 4.79 Å². The molecule has 1 heterocycles. The molecule has 5 heteroatoms. The van der Waals surface area contributed by atoms with E-state index in [1.165, 1.54) is 11.1 Å². The van der Waals surface area contributed by atoms with E-state index in [1.54, 1.807) is 12.0 Å². The van der Waals surface area contributed by atoms with E-state index in [9.17, 15) is 9.90 Å². The maximum atomic E-state index is 13.4. The zero-order valence-corrected chi connectivity index (χ0v) is 22.2. The molecule has 0 bridgehead atoms. The lowest BCUT2D eigenvalue weighted by Crippen LogP contribution is -2.53. The Morgan fingerprint density at radius 3 is 1.95 bits per heavy atom. The SMILES string of the molecule is COc1ccccc1[C@]1(O)CCC(c2ccccc2)(c2ccccc2)[C@H]2CN(C(=O)OC(C)(C)C)C[C@H]21.